The number of Topliss-reactive ketones (excluding diaryl/α,β-unsaturated/α-hetero) is 1. The van der Waals surface area contributed by atoms with E-state index < -0.39 is 88.8 Å². The largest absolute Gasteiger partial charge is 0.507 e. The third-order valence-corrected chi connectivity index (χ3v) is 10.4. The fourth-order valence-electron chi connectivity index (χ4n) is 7.04. The van der Waals surface area contributed by atoms with E-state index in [1.165, 1.54) is 53.2 Å². The van der Waals surface area contributed by atoms with Crippen molar-refractivity contribution in [3.05, 3.63) is 52.8 Å². The number of aliphatic hydroxyl groups is 2. The van der Waals surface area contributed by atoms with Crippen LogP contribution in [0.5, 0.6) is 23.0 Å². The van der Waals surface area contributed by atoms with Crippen LogP contribution in [-0.4, -0.2) is 93.3 Å². The lowest BCUT2D eigenvalue weighted by Gasteiger charge is -2.38. The summed E-state index contributed by atoms with van der Waals surface area (Å²) in [4.78, 5) is 45.1. The number of carbonyl (C=O) groups excluding carboxylic acids is 3. The Hall–Kier alpha value is -5.12. The number of aliphatic hydroxyl groups excluding tert-OH is 2. The number of fused-ring (bicyclic) bond motifs is 14. The standard InChI is InChI=1S/C40H52N2O13/c1-11-53-41-17-25-30-35(48)28-27(34(25)47)29-37(23(7)33(28)46)55-40(9,38(29)49)52-16-15-26(51-10)20(4)36(54-24(8)43)22(6)32(45)21(5)31(44)18(2)13-12-14-19(3)39(50)42-30/h12-18,20-22,26,31-32,36,44-48H,11H2,1-10H3,(H,42,50)/b13-12?,16-15?,19-14?,41-17+. The molecule has 300 valence electrons. The molecule has 5 bridgehead atoms. The fourth-order valence-corrected chi connectivity index (χ4v) is 7.04. The van der Waals surface area contributed by atoms with E-state index in [9.17, 15) is 39.9 Å². The van der Waals surface area contributed by atoms with Crippen LogP contribution in [0.15, 0.2) is 41.3 Å². The van der Waals surface area contributed by atoms with E-state index in [1.54, 1.807) is 46.8 Å². The van der Waals surface area contributed by atoms with Gasteiger partial charge >= 0.3 is 11.8 Å². The van der Waals surface area contributed by atoms with Gasteiger partial charge in [0.25, 0.3) is 11.7 Å². The normalized spacial score (nSPS) is 29.3. The molecule has 3 aliphatic heterocycles. The number of nitrogens with zero attached hydrogens (tertiary/aromatic N) is 1. The highest BCUT2D eigenvalue weighted by molar-refractivity contribution is 6.23. The lowest BCUT2D eigenvalue weighted by Crippen LogP contribution is -2.46. The molecule has 15 nitrogen and oxygen atoms in total. The average Bonchev–Trinajstić information content (AvgIpc) is 3.41. The van der Waals surface area contributed by atoms with Crippen LogP contribution in [0.2, 0.25) is 0 Å². The minimum absolute atomic E-state index is 0.0345. The SMILES string of the molecule is CCO/N=C/c1c2c(O)c3c(O)c(C)c4c(c3c1O)C(=O)C(C)(OC=CC(OC)C(C)C(OC(C)=O)C(C)C(O)C(C)C(O)C(C)C=CC=C(C)C(=O)N2)O4. The number of allylic oxidation sites excluding steroid dienone is 2. The Morgan fingerprint density at radius 3 is 2.27 bits per heavy atom. The van der Waals surface area contributed by atoms with Gasteiger partial charge < -0.3 is 54.6 Å². The van der Waals surface area contributed by atoms with Gasteiger partial charge in [-0.1, -0.05) is 51.1 Å². The van der Waals surface area contributed by atoms with E-state index in [1.807, 2.05) is 0 Å². The Morgan fingerprint density at radius 1 is 0.982 bits per heavy atom. The molecule has 0 spiro atoms. The Morgan fingerprint density at radius 2 is 1.65 bits per heavy atom. The minimum Gasteiger partial charge on any atom is -0.507 e. The molecule has 0 saturated carbocycles. The second-order valence-electron chi connectivity index (χ2n) is 14.3. The average molecular weight is 769 g/mol. The van der Waals surface area contributed by atoms with Gasteiger partial charge in [0.15, 0.2) is 5.75 Å². The highest BCUT2D eigenvalue weighted by Crippen LogP contribution is 2.55. The summed E-state index contributed by atoms with van der Waals surface area (Å²) in [6.07, 6.45) is 4.49. The van der Waals surface area contributed by atoms with Crippen molar-refractivity contribution in [3.63, 3.8) is 0 Å². The number of hydrogen-bond acceptors (Lipinski definition) is 14. The van der Waals surface area contributed by atoms with Crippen molar-refractivity contribution in [2.24, 2.45) is 28.8 Å². The number of carbonyl (C=O) groups is 3. The predicted octanol–water partition coefficient (Wildman–Crippen LogP) is 5.12. The van der Waals surface area contributed by atoms with Crippen molar-refractivity contribution in [2.75, 3.05) is 19.0 Å². The summed E-state index contributed by atoms with van der Waals surface area (Å²) in [6, 6.07) is 0. The molecule has 0 aliphatic carbocycles. The molecule has 9 unspecified atom stereocenters. The van der Waals surface area contributed by atoms with Gasteiger partial charge in [-0.2, -0.15) is 0 Å². The predicted molar refractivity (Wildman–Crippen MR) is 203 cm³/mol. The summed E-state index contributed by atoms with van der Waals surface area (Å²) in [5, 5.41) is 63.3. The van der Waals surface area contributed by atoms with Crippen molar-refractivity contribution in [1.82, 2.24) is 0 Å². The maximum absolute atomic E-state index is 14.2. The molecule has 0 saturated heterocycles. The molecule has 6 N–H and O–H groups in total. The monoisotopic (exact) mass is 768 g/mol. The molecule has 0 fully saturated rings. The number of ether oxygens (including phenoxy) is 4. The molecule has 0 aromatic heterocycles. The number of rotatable bonds is 5. The van der Waals surface area contributed by atoms with E-state index in [-0.39, 0.29) is 51.1 Å². The number of amides is 1. The van der Waals surface area contributed by atoms with Gasteiger partial charge in [-0.3, -0.25) is 14.4 Å². The van der Waals surface area contributed by atoms with Gasteiger partial charge in [0.1, 0.15) is 30.0 Å². The molecule has 0 radical (unpaired) electrons. The number of hydrogen-bond donors (Lipinski definition) is 6. The Labute approximate surface area is 319 Å². The Kier molecular flexibility index (Phi) is 13.3. The molecule has 9 atom stereocenters. The lowest BCUT2D eigenvalue weighted by atomic mass is 9.78. The minimum atomic E-state index is -2.05. The number of methoxy groups -OCH3 is 1. The van der Waals surface area contributed by atoms with Crippen LogP contribution in [0.4, 0.5) is 5.69 Å². The van der Waals surface area contributed by atoms with E-state index in [4.69, 9.17) is 23.8 Å². The van der Waals surface area contributed by atoms with Gasteiger partial charge in [-0.25, -0.2) is 0 Å². The van der Waals surface area contributed by atoms with Crippen molar-refractivity contribution >= 4 is 40.3 Å². The number of phenols is 3. The first kappa shape index (κ1) is 42.6. The molecule has 2 aromatic rings. The Bertz CT molecular complexity index is 1940. The quantitative estimate of drug-likeness (QED) is 0.0765. The van der Waals surface area contributed by atoms with Gasteiger partial charge in [0.05, 0.1) is 53.0 Å². The number of ketones is 1. The first-order valence-electron chi connectivity index (χ1n) is 18.1. The van der Waals surface area contributed by atoms with Crippen LogP contribution >= 0.6 is 0 Å². The number of esters is 1. The summed E-state index contributed by atoms with van der Waals surface area (Å²) in [7, 11) is 1.42. The van der Waals surface area contributed by atoms with Crippen molar-refractivity contribution < 1.29 is 63.7 Å². The molecule has 3 heterocycles. The third kappa shape index (κ3) is 8.28. The second-order valence-corrected chi connectivity index (χ2v) is 14.3. The topological polar surface area (TPSA) is 223 Å². The van der Waals surface area contributed by atoms with E-state index in [0.717, 1.165) is 6.21 Å². The van der Waals surface area contributed by atoms with E-state index in [2.05, 4.69) is 10.5 Å². The summed E-state index contributed by atoms with van der Waals surface area (Å²) in [5.41, 5.74) is -0.610. The van der Waals surface area contributed by atoms with Crippen molar-refractivity contribution in [3.8, 4) is 23.0 Å². The van der Waals surface area contributed by atoms with Crippen LogP contribution in [-0.2, 0) is 28.6 Å². The van der Waals surface area contributed by atoms with Crippen LogP contribution in [0.3, 0.4) is 0 Å². The maximum Gasteiger partial charge on any atom is 0.312 e. The smallest absolute Gasteiger partial charge is 0.312 e. The van der Waals surface area contributed by atoms with Gasteiger partial charge in [0.2, 0.25) is 0 Å². The summed E-state index contributed by atoms with van der Waals surface area (Å²) in [6.45, 7) is 14.2. The Balaban J connectivity index is 1.97. The molecule has 5 rings (SSSR count). The zero-order valence-electron chi connectivity index (χ0n) is 32.7. The number of aromatic hydroxyl groups is 3. The highest BCUT2D eigenvalue weighted by atomic mass is 16.7. The molecule has 2 aromatic carbocycles. The van der Waals surface area contributed by atoms with Gasteiger partial charge in [-0.05, 0) is 26.8 Å². The first-order valence-corrected chi connectivity index (χ1v) is 18.1. The molecular weight excluding hydrogens is 716 g/mol. The molecular formula is C40H52N2O13. The molecule has 55 heavy (non-hydrogen) atoms. The highest BCUT2D eigenvalue weighted by Gasteiger charge is 2.50. The number of phenolic OH excluding ortho intramolecular Hbond substituents is 3. The van der Waals surface area contributed by atoms with Gasteiger partial charge in [0, 0.05) is 61.2 Å². The zero-order chi connectivity index (χ0) is 41.1. The van der Waals surface area contributed by atoms with Crippen molar-refractivity contribution in [1.29, 1.82) is 0 Å². The van der Waals surface area contributed by atoms with Crippen LogP contribution in [0.25, 0.3) is 10.8 Å². The fraction of sp³-hybridized carbons (Fsp3) is 0.500. The number of anilines is 1. The summed E-state index contributed by atoms with van der Waals surface area (Å²) in [5.74, 6) is -8.61. The molecule has 3 aliphatic rings. The molecule has 15 heteroatoms. The molecule has 1 amide bonds. The number of benzene rings is 2. The lowest BCUT2D eigenvalue weighted by molar-refractivity contribution is -0.160. The van der Waals surface area contributed by atoms with Gasteiger partial charge in [-0.15, -0.1) is 0 Å². The number of nitrogens with one attached hydrogen (secondary N) is 1. The van der Waals surface area contributed by atoms with E-state index >= 15 is 0 Å². The summed E-state index contributed by atoms with van der Waals surface area (Å²) < 4.78 is 23.4. The third-order valence-electron chi connectivity index (χ3n) is 10.4. The van der Waals surface area contributed by atoms with Crippen LogP contribution in [0.1, 0.15) is 76.9 Å². The first-order chi connectivity index (χ1) is 25.8. The van der Waals surface area contributed by atoms with Crippen LogP contribution < -0.4 is 10.1 Å². The van der Waals surface area contributed by atoms with Crippen LogP contribution in [0, 0.1) is 30.6 Å². The summed E-state index contributed by atoms with van der Waals surface area (Å²) >= 11 is 0. The zero-order valence-corrected chi connectivity index (χ0v) is 32.7. The number of oxime groups is 1. The van der Waals surface area contributed by atoms with Crippen molar-refractivity contribution in [2.45, 2.75) is 92.5 Å². The maximum atomic E-state index is 14.2. The second kappa shape index (κ2) is 17.1. The van der Waals surface area contributed by atoms with E-state index in [0.29, 0.717) is 0 Å².